The number of aromatic nitrogens is 2. The third-order valence-electron chi connectivity index (χ3n) is 2.66. The van der Waals surface area contributed by atoms with E-state index in [2.05, 4.69) is 4.74 Å². The molecular weight excluding hydrogens is 331 g/mol. The van der Waals surface area contributed by atoms with Crippen LogP contribution in [0.15, 0.2) is 21.9 Å². The standard InChI is InChI=1S/C9H10ClN2O8P/c10-4-5(14)7(20-9(16)21(17)18)19-6(4)12-2-1-3(13)11-8(12)15/h1-2,4-7,14,17-18H,(H,11,13,15)/t4-,5+,6-,7-/m1/s1. The first-order chi connectivity index (χ1) is 9.81. The van der Waals surface area contributed by atoms with Crippen molar-refractivity contribution < 1.29 is 29.2 Å². The first-order valence-electron chi connectivity index (χ1n) is 5.49. The van der Waals surface area contributed by atoms with Gasteiger partial charge in [-0.1, -0.05) is 0 Å². The number of alkyl halides is 1. The topological polar surface area (TPSA) is 151 Å². The highest BCUT2D eigenvalue weighted by atomic mass is 35.5. The molecule has 1 fully saturated rings. The molecule has 0 spiro atoms. The lowest BCUT2D eigenvalue weighted by atomic mass is 10.2. The number of rotatable bonds is 3. The molecule has 4 atom stereocenters. The molecule has 10 nitrogen and oxygen atoms in total. The molecule has 1 aromatic heterocycles. The van der Waals surface area contributed by atoms with Gasteiger partial charge in [-0.15, -0.1) is 11.6 Å². The van der Waals surface area contributed by atoms with E-state index in [0.29, 0.717) is 0 Å². The first-order valence-corrected chi connectivity index (χ1v) is 7.17. The van der Waals surface area contributed by atoms with Crippen LogP contribution in [-0.4, -0.2) is 47.9 Å². The van der Waals surface area contributed by atoms with Gasteiger partial charge in [-0.3, -0.25) is 14.3 Å². The zero-order valence-electron chi connectivity index (χ0n) is 10.1. The van der Waals surface area contributed by atoms with Crippen LogP contribution in [-0.2, 0) is 9.47 Å². The van der Waals surface area contributed by atoms with Gasteiger partial charge in [-0.05, 0) is 0 Å². The Morgan fingerprint density at radius 1 is 1.48 bits per heavy atom. The molecule has 116 valence electrons. The van der Waals surface area contributed by atoms with Crippen LogP contribution in [0.1, 0.15) is 6.23 Å². The van der Waals surface area contributed by atoms with Gasteiger partial charge in [0, 0.05) is 12.3 Å². The van der Waals surface area contributed by atoms with Crippen LogP contribution in [0, 0.1) is 0 Å². The highest BCUT2D eigenvalue weighted by molar-refractivity contribution is 7.63. The van der Waals surface area contributed by atoms with Gasteiger partial charge in [0.1, 0.15) is 11.5 Å². The molecule has 21 heavy (non-hydrogen) atoms. The maximum atomic E-state index is 11.6. The molecule has 0 bridgehead atoms. The predicted molar refractivity (Wildman–Crippen MR) is 68.7 cm³/mol. The van der Waals surface area contributed by atoms with Gasteiger partial charge in [0.25, 0.3) is 13.9 Å². The van der Waals surface area contributed by atoms with Crippen molar-refractivity contribution in [2.75, 3.05) is 0 Å². The zero-order valence-corrected chi connectivity index (χ0v) is 11.8. The number of halogens is 1. The first kappa shape index (κ1) is 16.1. The van der Waals surface area contributed by atoms with Crippen molar-refractivity contribution in [1.82, 2.24) is 9.55 Å². The fourth-order valence-electron chi connectivity index (χ4n) is 1.70. The molecule has 12 heteroatoms. The molecule has 2 rings (SSSR count). The van der Waals surface area contributed by atoms with Crippen molar-refractivity contribution in [2.24, 2.45) is 0 Å². The van der Waals surface area contributed by atoms with E-state index in [9.17, 15) is 19.5 Å². The summed E-state index contributed by atoms with van der Waals surface area (Å²) in [5.74, 6) is 0. The van der Waals surface area contributed by atoms with Gasteiger partial charge in [0.05, 0.1) is 0 Å². The van der Waals surface area contributed by atoms with Gasteiger partial charge < -0.3 is 24.4 Å². The van der Waals surface area contributed by atoms with Gasteiger partial charge in [0.2, 0.25) is 6.29 Å². The lowest BCUT2D eigenvalue weighted by Gasteiger charge is -2.16. The van der Waals surface area contributed by atoms with E-state index in [1.165, 1.54) is 0 Å². The second-order valence-electron chi connectivity index (χ2n) is 4.02. The number of nitrogens with zero attached hydrogens (tertiary/aromatic N) is 1. The number of carbonyl (C=O) groups excluding carboxylic acids is 1. The van der Waals surface area contributed by atoms with Crippen LogP contribution >= 0.6 is 20.0 Å². The van der Waals surface area contributed by atoms with E-state index in [-0.39, 0.29) is 0 Å². The number of hydrogen-bond donors (Lipinski definition) is 4. The minimum Gasteiger partial charge on any atom is -0.426 e. The van der Waals surface area contributed by atoms with E-state index in [0.717, 1.165) is 16.8 Å². The third kappa shape index (κ3) is 3.31. The summed E-state index contributed by atoms with van der Waals surface area (Å²) in [5, 5.41) is 8.62. The minimum absolute atomic E-state index is 0.630. The fourth-order valence-corrected chi connectivity index (χ4v) is 2.20. The van der Waals surface area contributed by atoms with Crippen molar-refractivity contribution in [2.45, 2.75) is 24.0 Å². The van der Waals surface area contributed by atoms with E-state index in [4.69, 9.17) is 26.1 Å². The smallest absolute Gasteiger partial charge is 0.386 e. The van der Waals surface area contributed by atoms with Crippen LogP contribution in [0.25, 0.3) is 0 Å². The Bertz CT molecular complexity index is 645. The van der Waals surface area contributed by atoms with Crippen molar-refractivity contribution in [1.29, 1.82) is 0 Å². The molecule has 1 aliphatic rings. The SMILES string of the molecule is O=C(O[C@H]1O[C@@H](n2ccc(=O)[nH]c2=O)[C@H](Cl)[C@@H]1O)P(O)O. The molecule has 0 unspecified atom stereocenters. The molecule has 1 saturated heterocycles. The summed E-state index contributed by atoms with van der Waals surface area (Å²) in [7, 11) is -3.00. The molecule has 0 aromatic carbocycles. The fraction of sp³-hybridized carbons (Fsp3) is 0.444. The highest BCUT2D eigenvalue weighted by Crippen LogP contribution is 2.36. The summed E-state index contributed by atoms with van der Waals surface area (Å²) < 4.78 is 10.5. The van der Waals surface area contributed by atoms with Gasteiger partial charge >= 0.3 is 11.4 Å². The molecule has 1 aliphatic heterocycles. The average molecular weight is 341 g/mol. The lowest BCUT2D eigenvalue weighted by Crippen LogP contribution is -2.35. The second-order valence-corrected chi connectivity index (χ2v) is 5.47. The monoisotopic (exact) mass is 340 g/mol. The van der Waals surface area contributed by atoms with Crippen LogP contribution < -0.4 is 11.2 Å². The molecule has 2 heterocycles. The van der Waals surface area contributed by atoms with Crippen molar-refractivity contribution in [3.8, 4) is 0 Å². The van der Waals surface area contributed by atoms with E-state index < -0.39 is 49.3 Å². The summed E-state index contributed by atoms with van der Waals surface area (Å²) in [5.41, 5.74) is -2.84. The van der Waals surface area contributed by atoms with Crippen molar-refractivity contribution >= 4 is 25.7 Å². The minimum atomic E-state index is -3.00. The van der Waals surface area contributed by atoms with Crippen molar-refractivity contribution in [3.63, 3.8) is 0 Å². The second kappa shape index (κ2) is 6.22. The number of hydrogen-bond acceptors (Lipinski definition) is 8. The Morgan fingerprint density at radius 2 is 2.14 bits per heavy atom. The largest absolute Gasteiger partial charge is 0.426 e. The normalized spacial score (nSPS) is 28.8. The number of aromatic amines is 1. The average Bonchev–Trinajstić information content (AvgIpc) is 2.67. The predicted octanol–water partition coefficient (Wildman–Crippen LogP) is -1.21. The molecule has 4 N–H and O–H groups in total. The number of H-pyrrole nitrogens is 1. The number of carbonyl (C=O) groups is 1. The van der Waals surface area contributed by atoms with Gasteiger partial charge in [-0.25, -0.2) is 9.59 Å². The molecule has 0 aliphatic carbocycles. The van der Waals surface area contributed by atoms with E-state index in [1.54, 1.807) is 0 Å². The molecule has 0 saturated carbocycles. The third-order valence-corrected chi connectivity index (χ3v) is 3.56. The number of ether oxygens (including phenoxy) is 2. The summed E-state index contributed by atoms with van der Waals surface area (Å²) in [6.07, 6.45) is -3.20. The number of aliphatic hydroxyl groups excluding tert-OH is 1. The summed E-state index contributed by atoms with van der Waals surface area (Å²) in [6, 6.07) is 1.04. The van der Waals surface area contributed by atoms with Crippen LogP contribution in [0.3, 0.4) is 0 Å². The maximum absolute atomic E-state index is 11.6. The van der Waals surface area contributed by atoms with Crippen LogP contribution in [0.4, 0.5) is 4.79 Å². The maximum Gasteiger partial charge on any atom is 0.386 e. The Hall–Kier alpha value is -1.29. The van der Waals surface area contributed by atoms with Gasteiger partial charge in [0.15, 0.2) is 6.23 Å². The summed E-state index contributed by atoms with van der Waals surface area (Å²) in [4.78, 5) is 53.0. The Balaban J connectivity index is 2.21. The summed E-state index contributed by atoms with van der Waals surface area (Å²) >= 11 is 5.89. The van der Waals surface area contributed by atoms with Gasteiger partial charge in [-0.2, -0.15) is 0 Å². The molecule has 0 radical (unpaired) electrons. The molecule has 1 aromatic rings. The molecular formula is C9H10ClN2O8P. The number of aliphatic hydroxyl groups is 1. The quantitative estimate of drug-likeness (QED) is 0.395. The van der Waals surface area contributed by atoms with Crippen molar-refractivity contribution in [3.05, 3.63) is 33.1 Å². The molecule has 0 amide bonds. The Labute approximate surface area is 122 Å². The highest BCUT2D eigenvalue weighted by Gasteiger charge is 2.46. The van der Waals surface area contributed by atoms with Crippen LogP contribution in [0.2, 0.25) is 0 Å². The Morgan fingerprint density at radius 3 is 2.71 bits per heavy atom. The van der Waals surface area contributed by atoms with E-state index >= 15 is 0 Å². The zero-order chi connectivity index (χ0) is 15.7. The number of nitrogens with one attached hydrogen (secondary N) is 1. The van der Waals surface area contributed by atoms with E-state index in [1.807, 2.05) is 4.98 Å². The van der Waals surface area contributed by atoms with Crippen LogP contribution in [0.5, 0.6) is 0 Å². The lowest BCUT2D eigenvalue weighted by molar-refractivity contribution is -0.139. The summed E-state index contributed by atoms with van der Waals surface area (Å²) in [6.45, 7) is 0. The Kier molecular flexibility index (Phi) is 4.77.